The van der Waals surface area contributed by atoms with Gasteiger partial charge in [0.05, 0.1) is 41.1 Å². The number of phenolic OH excluding ortho intramolecular Hbond substituents is 1. The van der Waals surface area contributed by atoms with Gasteiger partial charge >= 0.3 is 0 Å². The number of Topliss-reactive ketones (excluding diaryl/α,β-unsaturated/α-hetero) is 2. The summed E-state index contributed by atoms with van der Waals surface area (Å²) in [5.74, 6) is 1.98. The molecule has 8 nitrogen and oxygen atoms in total. The zero-order valence-electron chi connectivity index (χ0n) is 22.9. The Hall–Kier alpha value is -4.46. The van der Waals surface area contributed by atoms with Crippen molar-refractivity contribution in [1.29, 1.82) is 0 Å². The van der Waals surface area contributed by atoms with Crippen molar-refractivity contribution < 1.29 is 38.4 Å². The molecular formula is C31H34O8. The van der Waals surface area contributed by atoms with Crippen molar-refractivity contribution in [3.05, 3.63) is 76.9 Å². The first-order valence-electron chi connectivity index (χ1n) is 12.4. The molecule has 0 aromatic heterocycles. The number of aromatic hydroxyl groups is 1. The van der Waals surface area contributed by atoms with Gasteiger partial charge in [0, 0.05) is 12.8 Å². The van der Waals surface area contributed by atoms with Crippen LogP contribution in [-0.4, -0.2) is 52.2 Å². The third-order valence-corrected chi connectivity index (χ3v) is 6.29. The highest BCUT2D eigenvalue weighted by atomic mass is 16.5. The molecule has 0 aliphatic carbocycles. The van der Waals surface area contributed by atoms with E-state index < -0.39 is 0 Å². The van der Waals surface area contributed by atoms with E-state index in [-0.39, 0.29) is 41.5 Å². The molecule has 3 rings (SSSR count). The Bertz CT molecular complexity index is 1270. The zero-order valence-corrected chi connectivity index (χ0v) is 22.9. The summed E-state index contributed by atoms with van der Waals surface area (Å²) in [4.78, 5) is 26.8. The number of aryl methyl sites for hydroxylation is 2. The minimum absolute atomic E-state index is 0.0317. The standard InChI is InChI=1S/C31H34O8/c1-35-27-14-9-20(17-30(27)38-4)6-11-24(32)23(16-22-8-13-26(34)29(19-22)37-3)25(33)12-7-21-10-15-28(36-2)31(18-21)39-5/h8-10,13-19,34H,6-7,11-12H2,1-5H3. The SMILES string of the molecule is COc1cc(C=C(C(=O)CCc2ccc(OC)c(OC)c2)C(=O)CCc2ccc(OC)c(OC)c2)ccc1O. The van der Waals surface area contributed by atoms with Gasteiger partial charge in [-0.3, -0.25) is 9.59 Å². The molecule has 0 radical (unpaired) electrons. The number of methoxy groups -OCH3 is 5. The fourth-order valence-electron chi connectivity index (χ4n) is 4.12. The Morgan fingerprint density at radius 2 is 1.08 bits per heavy atom. The van der Waals surface area contributed by atoms with E-state index in [1.54, 1.807) is 58.8 Å². The van der Waals surface area contributed by atoms with Crippen LogP contribution in [0.1, 0.15) is 29.5 Å². The molecule has 39 heavy (non-hydrogen) atoms. The molecule has 1 N–H and O–H groups in total. The van der Waals surface area contributed by atoms with E-state index in [0.717, 1.165) is 11.1 Å². The third kappa shape index (κ3) is 7.54. The second kappa shape index (κ2) is 13.9. The summed E-state index contributed by atoms with van der Waals surface area (Å²) in [6.07, 6.45) is 2.63. The summed E-state index contributed by atoms with van der Waals surface area (Å²) in [5.41, 5.74) is 2.41. The van der Waals surface area contributed by atoms with Gasteiger partial charge in [-0.15, -0.1) is 0 Å². The predicted octanol–water partition coefficient (Wildman–Crippen LogP) is 5.22. The van der Waals surface area contributed by atoms with Crippen molar-refractivity contribution in [2.45, 2.75) is 25.7 Å². The molecule has 0 heterocycles. The van der Waals surface area contributed by atoms with E-state index in [1.807, 2.05) is 24.3 Å². The summed E-state index contributed by atoms with van der Waals surface area (Å²) in [5, 5.41) is 9.95. The maximum Gasteiger partial charge on any atom is 0.166 e. The average Bonchev–Trinajstić information content (AvgIpc) is 2.97. The minimum Gasteiger partial charge on any atom is -0.504 e. The fourth-order valence-corrected chi connectivity index (χ4v) is 4.12. The molecule has 0 saturated heterocycles. The summed E-state index contributed by atoms with van der Waals surface area (Å²) >= 11 is 0. The Labute approximate surface area is 228 Å². The maximum absolute atomic E-state index is 13.4. The predicted molar refractivity (Wildman–Crippen MR) is 148 cm³/mol. The summed E-state index contributed by atoms with van der Waals surface area (Å²) in [6, 6.07) is 15.6. The molecule has 0 aliphatic rings. The number of ether oxygens (including phenoxy) is 5. The highest BCUT2D eigenvalue weighted by Gasteiger charge is 2.19. The summed E-state index contributed by atoms with van der Waals surface area (Å²) in [6.45, 7) is 0. The van der Waals surface area contributed by atoms with Crippen molar-refractivity contribution in [3.8, 4) is 34.5 Å². The van der Waals surface area contributed by atoms with Crippen LogP contribution in [0.2, 0.25) is 0 Å². The smallest absolute Gasteiger partial charge is 0.166 e. The van der Waals surface area contributed by atoms with E-state index in [0.29, 0.717) is 41.4 Å². The van der Waals surface area contributed by atoms with E-state index in [1.165, 1.54) is 13.2 Å². The molecule has 0 saturated carbocycles. The van der Waals surface area contributed by atoms with Gasteiger partial charge in [0.2, 0.25) is 0 Å². The lowest BCUT2D eigenvalue weighted by Gasteiger charge is -2.11. The van der Waals surface area contributed by atoms with Crippen molar-refractivity contribution >= 4 is 17.6 Å². The third-order valence-electron chi connectivity index (χ3n) is 6.29. The van der Waals surface area contributed by atoms with Gasteiger partial charge < -0.3 is 28.8 Å². The van der Waals surface area contributed by atoms with Crippen molar-refractivity contribution in [1.82, 2.24) is 0 Å². The highest BCUT2D eigenvalue weighted by Crippen LogP contribution is 2.30. The molecular weight excluding hydrogens is 500 g/mol. The fraction of sp³-hybridized carbons (Fsp3) is 0.290. The Morgan fingerprint density at radius 1 is 0.615 bits per heavy atom. The quantitative estimate of drug-likeness (QED) is 0.171. The first kappa shape index (κ1) is 29.1. The zero-order chi connectivity index (χ0) is 28.4. The molecule has 206 valence electrons. The molecule has 0 bridgehead atoms. The second-order valence-electron chi connectivity index (χ2n) is 8.71. The van der Waals surface area contributed by atoms with Gasteiger partial charge in [0.15, 0.2) is 46.1 Å². The van der Waals surface area contributed by atoms with Gasteiger partial charge in [0.25, 0.3) is 0 Å². The van der Waals surface area contributed by atoms with Crippen LogP contribution in [0, 0.1) is 0 Å². The number of benzene rings is 3. The maximum atomic E-state index is 13.4. The topological polar surface area (TPSA) is 101 Å². The molecule has 0 unspecified atom stereocenters. The lowest BCUT2D eigenvalue weighted by Crippen LogP contribution is -2.14. The number of carbonyl (C=O) groups excluding carboxylic acids is 2. The minimum atomic E-state index is -0.283. The first-order valence-corrected chi connectivity index (χ1v) is 12.4. The van der Waals surface area contributed by atoms with E-state index >= 15 is 0 Å². The van der Waals surface area contributed by atoms with Crippen LogP contribution in [-0.2, 0) is 22.4 Å². The molecule has 0 atom stereocenters. The number of rotatable bonds is 14. The van der Waals surface area contributed by atoms with E-state index in [2.05, 4.69) is 0 Å². The van der Waals surface area contributed by atoms with Crippen LogP contribution in [0.5, 0.6) is 34.5 Å². The Balaban J connectivity index is 1.84. The van der Waals surface area contributed by atoms with E-state index in [4.69, 9.17) is 23.7 Å². The Morgan fingerprint density at radius 3 is 1.51 bits per heavy atom. The number of carbonyl (C=O) groups is 2. The van der Waals surface area contributed by atoms with Gasteiger partial charge in [-0.25, -0.2) is 0 Å². The van der Waals surface area contributed by atoms with Crippen LogP contribution in [0.15, 0.2) is 60.2 Å². The van der Waals surface area contributed by atoms with Crippen molar-refractivity contribution in [3.63, 3.8) is 0 Å². The van der Waals surface area contributed by atoms with Gasteiger partial charge in [-0.05, 0) is 72.0 Å². The lowest BCUT2D eigenvalue weighted by molar-refractivity contribution is -0.121. The number of ketones is 2. The molecule has 3 aromatic carbocycles. The molecule has 0 spiro atoms. The van der Waals surface area contributed by atoms with Crippen molar-refractivity contribution in [2.75, 3.05) is 35.5 Å². The second-order valence-corrected chi connectivity index (χ2v) is 8.71. The van der Waals surface area contributed by atoms with Gasteiger partial charge in [0.1, 0.15) is 0 Å². The highest BCUT2D eigenvalue weighted by molar-refractivity contribution is 6.23. The monoisotopic (exact) mass is 534 g/mol. The largest absolute Gasteiger partial charge is 0.504 e. The van der Waals surface area contributed by atoms with Gasteiger partial charge in [-0.2, -0.15) is 0 Å². The van der Waals surface area contributed by atoms with Crippen LogP contribution in [0.4, 0.5) is 0 Å². The van der Waals surface area contributed by atoms with Crippen LogP contribution in [0.25, 0.3) is 6.08 Å². The van der Waals surface area contributed by atoms with Crippen LogP contribution >= 0.6 is 0 Å². The molecule has 8 heteroatoms. The average molecular weight is 535 g/mol. The lowest BCUT2D eigenvalue weighted by atomic mass is 9.94. The normalized spacial score (nSPS) is 10.4. The molecule has 0 fully saturated rings. The van der Waals surface area contributed by atoms with Crippen molar-refractivity contribution in [2.24, 2.45) is 0 Å². The summed E-state index contributed by atoms with van der Waals surface area (Å²) < 4.78 is 26.5. The van der Waals surface area contributed by atoms with Crippen LogP contribution in [0.3, 0.4) is 0 Å². The number of hydrogen-bond acceptors (Lipinski definition) is 8. The van der Waals surface area contributed by atoms with E-state index in [9.17, 15) is 14.7 Å². The number of allylic oxidation sites excluding steroid dienone is 1. The molecule has 0 amide bonds. The number of phenols is 1. The van der Waals surface area contributed by atoms with Gasteiger partial charge in [-0.1, -0.05) is 18.2 Å². The molecule has 0 aliphatic heterocycles. The number of hydrogen-bond donors (Lipinski definition) is 1. The first-order chi connectivity index (χ1) is 18.8. The Kier molecular flexibility index (Phi) is 10.4. The van der Waals surface area contributed by atoms with Crippen LogP contribution < -0.4 is 23.7 Å². The summed E-state index contributed by atoms with van der Waals surface area (Å²) in [7, 11) is 7.66. The molecule has 3 aromatic rings.